The van der Waals surface area contributed by atoms with E-state index in [2.05, 4.69) is 51.3 Å². The van der Waals surface area contributed by atoms with Gasteiger partial charge in [0.05, 0.1) is 0 Å². The molecule has 3 saturated carbocycles. The summed E-state index contributed by atoms with van der Waals surface area (Å²) in [5, 5.41) is 0. The summed E-state index contributed by atoms with van der Waals surface area (Å²) in [5.74, 6) is 8.29. The van der Waals surface area contributed by atoms with Crippen LogP contribution in [0, 0.1) is 92.9 Å². The highest BCUT2D eigenvalue weighted by Crippen LogP contribution is 2.58. The summed E-state index contributed by atoms with van der Waals surface area (Å²) in [5.41, 5.74) is 11.0. The number of hydrogen-bond donors (Lipinski definition) is 0. The van der Waals surface area contributed by atoms with Crippen LogP contribution in [0.15, 0.2) is 72.8 Å². The number of ether oxygens (including phenoxy) is 4. The van der Waals surface area contributed by atoms with Crippen LogP contribution in [0.5, 0.6) is 34.5 Å². The number of benzene rings is 4. The SMILES string of the molecule is C1CC2C3CCC(C3)C2C1.C=C(C)C(=O)Oc1c(C)cc(Oc2c(C)cc(C)cc2C)cc1C.C=C(C)C(=O)Oc1c(C)cc(Oc2c(C)cc(C)cc2C)cc1C. The lowest BCUT2D eigenvalue weighted by Crippen LogP contribution is -2.15. The van der Waals surface area contributed by atoms with Crippen LogP contribution in [0.3, 0.4) is 0 Å². The summed E-state index contributed by atoms with van der Waals surface area (Å²) in [6, 6.07) is 15.9. The van der Waals surface area contributed by atoms with E-state index in [1.807, 2.05) is 79.7 Å². The van der Waals surface area contributed by atoms with Crippen LogP contribution < -0.4 is 18.9 Å². The molecular weight excluding hydrogens is 721 g/mol. The third-order valence-electron chi connectivity index (χ3n) is 12.0. The van der Waals surface area contributed by atoms with Gasteiger partial charge in [-0.15, -0.1) is 0 Å². The van der Waals surface area contributed by atoms with Crippen LogP contribution in [0.4, 0.5) is 0 Å². The molecule has 2 bridgehead atoms. The molecule has 6 heteroatoms. The first kappa shape index (κ1) is 44.0. The lowest BCUT2D eigenvalue weighted by atomic mass is 9.82. The average molecular weight is 785 g/mol. The maximum atomic E-state index is 11.8. The molecular formula is C52H64O6. The third kappa shape index (κ3) is 10.5. The molecule has 4 aromatic carbocycles. The molecule has 6 nitrogen and oxygen atoms in total. The normalized spacial score (nSPS) is 18.6. The van der Waals surface area contributed by atoms with E-state index >= 15 is 0 Å². The third-order valence-corrected chi connectivity index (χ3v) is 12.0. The Kier molecular flexibility index (Phi) is 14.2. The highest BCUT2D eigenvalue weighted by Gasteiger charge is 2.48. The van der Waals surface area contributed by atoms with Crippen molar-refractivity contribution in [3.63, 3.8) is 0 Å². The predicted molar refractivity (Wildman–Crippen MR) is 236 cm³/mol. The van der Waals surface area contributed by atoms with Gasteiger partial charge < -0.3 is 18.9 Å². The molecule has 0 aromatic heterocycles. The molecule has 4 atom stereocenters. The van der Waals surface area contributed by atoms with E-state index in [9.17, 15) is 9.59 Å². The lowest BCUT2D eigenvalue weighted by molar-refractivity contribution is -0.131. The average Bonchev–Trinajstić information content (AvgIpc) is 3.89. The second-order valence-electron chi connectivity index (χ2n) is 17.4. The number of esters is 2. The summed E-state index contributed by atoms with van der Waals surface area (Å²) in [7, 11) is 0. The van der Waals surface area contributed by atoms with Gasteiger partial charge in [-0.2, -0.15) is 0 Å². The van der Waals surface area contributed by atoms with Gasteiger partial charge in [0.1, 0.15) is 34.5 Å². The number of carbonyl (C=O) groups is 2. The fourth-order valence-electron chi connectivity index (χ4n) is 9.53. The summed E-state index contributed by atoms with van der Waals surface area (Å²) in [6.45, 7) is 30.4. The van der Waals surface area contributed by atoms with Crippen molar-refractivity contribution in [2.45, 2.75) is 122 Å². The van der Waals surface area contributed by atoms with E-state index in [0.717, 1.165) is 67.5 Å². The first-order valence-electron chi connectivity index (χ1n) is 20.8. The molecule has 0 aliphatic heterocycles. The first-order valence-corrected chi connectivity index (χ1v) is 20.8. The number of hydrogen-bond acceptors (Lipinski definition) is 6. The van der Waals surface area contributed by atoms with Crippen LogP contribution in [-0.2, 0) is 9.59 Å². The molecule has 0 heterocycles. The van der Waals surface area contributed by atoms with Crippen molar-refractivity contribution in [3.8, 4) is 34.5 Å². The van der Waals surface area contributed by atoms with Gasteiger partial charge in [0, 0.05) is 11.1 Å². The monoisotopic (exact) mass is 784 g/mol. The number of aryl methyl sites for hydroxylation is 10. The van der Waals surface area contributed by atoms with Crippen LogP contribution in [0.2, 0.25) is 0 Å². The molecule has 3 aliphatic rings. The largest absolute Gasteiger partial charge is 0.457 e. The number of fused-ring (bicyclic) bond motifs is 5. The maximum Gasteiger partial charge on any atom is 0.338 e. The molecule has 58 heavy (non-hydrogen) atoms. The molecule has 0 amide bonds. The second-order valence-corrected chi connectivity index (χ2v) is 17.4. The van der Waals surface area contributed by atoms with Gasteiger partial charge in [0.2, 0.25) is 0 Å². The first-order chi connectivity index (χ1) is 27.3. The quantitative estimate of drug-likeness (QED) is 0.101. The molecule has 4 aromatic rings. The smallest absolute Gasteiger partial charge is 0.338 e. The van der Waals surface area contributed by atoms with Gasteiger partial charge >= 0.3 is 11.9 Å². The van der Waals surface area contributed by atoms with Gasteiger partial charge in [-0.1, -0.05) is 55.0 Å². The van der Waals surface area contributed by atoms with Crippen molar-refractivity contribution in [3.05, 3.63) is 128 Å². The van der Waals surface area contributed by atoms with Crippen LogP contribution in [0.1, 0.15) is 108 Å². The maximum absolute atomic E-state index is 11.8. The zero-order chi connectivity index (χ0) is 42.6. The molecule has 0 saturated heterocycles. The van der Waals surface area contributed by atoms with Gasteiger partial charge in [-0.05, 0) is 208 Å². The topological polar surface area (TPSA) is 71.1 Å². The minimum atomic E-state index is -0.417. The number of rotatable bonds is 8. The summed E-state index contributed by atoms with van der Waals surface area (Å²) in [4.78, 5) is 23.5. The van der Waals surface area contributed by atoms with Gasteiger partial charge in [0.15, 0.2) is 0 Å². The standard InChI is InChI=1S/2C21H24O3.C10H16/c2*1-12(2)21(22)24-20-16(6)10-18(11-17(20)7)23-19-14(4)8-13(3)9-15(19)5;1-2-9-7-4-5-8(6-7)10(9)3-1/h2*8-11H,1H2,2-7H3;7-10H,1-6H2. The zero-order valence-corrected chi connectivity index (χ0v) is 37.0. The number of carbonyl (C=O) groups excluding carboxylic acids is 2. The zero-order valence-electron chi connectivity index (χ0n) is 37.0. The molecule has 7 rings (SSSR count). The molecule has 4 unspecified atom stereocenters. The fourth-order valence-corrected chi connectivity index (χ4v) is 9.53. The Morgan fingerprint density at radius 3 is 1.05 bits per heavy atom. The van der Waals surface area contributed by atoms with Crippen molar-refractivity contribution in [1.82, 2.24) is 0 Å². The molecule has 308 valence electrons. The van der Waals surface area contributed by atoms with Gasteiger partial charge in [-0.25, -0.2) is 9.59 Å². The second kappa shape index (κ2) is 18.7. The van der Waals surface area contributed by atoms with Crippen molar-refractivity contribution < 1.29 is 28.5 Å². The molecule has 0 N–H and O–H groups in total. The van der Waals surface area contributed by atoms with E-state index in [1.54, 1.807) is 52.4 Å². The van der Waals surface area contributed by atoms with Crippen LogP contribution in [0.25, 0.3) is 0 Å². The van der Waals surface area contributed by atoms with Crippen LogP contribution >= 0.6 is 0 Å². The molecule has 3 aliphatic carbocycles. The Hall–Kier alpha value is -5.10. The summed E-state index contributed by atoms with van der Waals surface area (Å²) >= 11 is 0. The predicted octanol–water partition coefficient (Wildman–Crippen LogP) is 13.8. The highest BCUT2D eigenvalue weighted by atomic mass is 16.5. The van der Waals surface area contributed by atoms with E-state index < -0.39 is 11.9 Å². The van der Waals surface area contributed by atoms with E-state index in [0.29, 0.717) is 22.6 Å². The van der Waals surface area contributed by atoms with Crippen LogP contribution in [-0.4, -0.2) is 11.9 Å². The van der Waals surface area contributed by atoms with E-state index in [1.165, 1.54) is 34.8 Å². The summed E-state index contributed by atoms with van der Waals surface area (Å²) in [6.07, 6.45) is 9.53. The van der Waals surface area contributed by atoms with Crippen molar-refractivity contribution in [2.24, 2.45) is 23.7 Å². The van der Waals surface area contributed by atoms with Gasteiger partial charge in [-0.3, -0.25) is 0 Å². The van der Waals surface area contributed by atoms with E-state index in [-0.39, 0.29) is 0 Å². The molecule has 0 radical (unpaired) electrons. The van der Waals surface area contributed by atoms with Gasteiger partial charge in [0.25, 0.3) is 0 Å². The Labute approximate surface area is 347 Å². The Balaban J connectivity index is 0.000000178. The molecule has 3 fully saturated rings. The van der Waals surface area contributed by atoms with E-state index in [4.69, 9.17) is 18.9 Å². The van der Waals surface area contributed by atoms with Crippen molar-refractivity contribution in [2.75, 3.05) is 0 Å². The Morgan fingerprint density at radius 2 is 0.759 bits per heavy atom. The fraction of sp³-hybridized carbons (Fsp3) is 0.423. The lowest BCUT2D eigenvalue weighted by Gasteiger charge is -2.23. The molecule has 0 spiro atoms. The Morgan fingerprint density at radius 1 is 0.466 bits per heavy atom. The highest BCUT2D eigenvalue weighted by molar-refractivity contribution is 5.89. The Bertz CT molecular complexity index is 1980. The van der Waals surface area contributed by atoms with Crippen molar-refractivity contribution in [1.29, 1.82) is 0 Å². The minimum absolute atomic E-state index is 0.375. The van der Waals surface area contributed by atoms with Crippen molar-refractivity contribution >= 4 is 11.9 Å². The minimum Gasteiger partial charge on any atom is -0.457 e. The summed E-state index contributed by atoms with van der Waals surface area (Å²) < 4.78 is 23.0.